The minimum Gasteiger partial charge on any atom is -0.394 e. The van der Waals surface area contributed by atoms with Crippen LogP contribution in [0, 0.1) is 9.39 Å². The first-order valence-corrected chi connectivity index (χ1v) is 8.03. The average Bonchev–Trinajstić information content (AvgIpc) is 2.55. The summed E-state index contributed by atoms with van der Waals surface area (Å²) >= 11 is 2.03. The van der Waals surface area contributed by atoms with Crippen LogP contribution in [-0.2, 0) is 6.42 Å². The van der Waals surface area contributed by atoms with Crippen LogP contribution in [-0.4, -0.2) is 40.4 Å². The quantitative estimate of drug-likeness (QED) is 0.607. The number of hydrogen-bond acceptors (Lipinski definition) is 4. The van der Waals surface area contributed by atoms with Gasteiger partial charge in [0.05, 0.1) is 12.7 Å². The predicted molar refractivity (Wildman–Crippen MR) is 91.6 cm³/mol. The predicted octanol–water partition coefficient (Wildman–Crippen LogP) is 1.50. The molecular formula is C16H16FIN2O3. The van der Waals surface area contributed by atoms with Crippen molar-refractivity contribution in [2.24, 2.45) is 0 Å². The van der Waals surface area contributed by atoms with Gasteiger partial charge in [-0.1, -0.05) is 6.07 Å². The molecule has 0 aliphatic rings. The number of hydrogen-bond donors (Lipinski definition) is 3. The van der Waals surface area contributed by atoms with Gasteiger partial charge in [-0.05, 0) is 51.9 Å². The molecule has 2 aromatic rings. The van der Waals surface area contributed by atoms with Crippen LogP contribution < -0.4 is 5.32 Å². The molecule has 0 saturated carbocycles. The summed E-state index contributed by atoms with van der Waals surface area (Å²) in [5.74, 6) is -0.733. The van der Waals surface area contributed by atoms with Crippen LogP contribution >= 0.6 is 22.6 Å². The lowest BCUT2D eigenvalue weighted by Crippen LogP contribution is -2.34. The second-order valence-electron chi connectivity index (χ2n) is 4.99. The van der Waals surface area contributed by atoms with Crippen LogP contribution in [0.4, 0.5) is 4.39 Å². The molecule has 1 aromatic carbocycles. The van der Waals surface area contributed by atoms with E-state index in [0.717, 1.165) is 3.57 Å². The van der Waals surface area contributed by atoms with Crippen LogP contribution in [0.2, 0.25) is 0 Å². The molecule has 1 aromatic heterocycles. The number of aromatic nitrogens is 1. The molecule has 1 atom stereocenters. The normalized spacial score (nSPS) is 12.0. The fourth-order valence-electron chi connectivity index (χ4n) is 2.03. The summed E-state index contributed by atoms with van der Waals surface area (Å²) in [6, 6.07) is 6.46. The lowest BCUT2D eigenvalue weighted by Gasteiger charge is -2.12. The average molecular weight is 430 g/mol. The molecule has 5 nitrogen and oxygen atoms in total. The Labute approximate surface area is 146 Å². The number of amides is 1. The maximum absolute atomic E-state index is 14.0. The van der Waals surface area contributed by atoms with E-state index in [4.69, 9.17) is 5.11 Å². The molecule has 0 aliphatic heterocycles. The maximum Gasteiger partial charge on any atom is 0.251 e. The summed E-state index contributed by atoms with van der Waals surface area (Å²) in [7, 11) is 0. The third-order valence-electron chi connectivity index (χ3n) is 3.25. The first kappa shape index (κ1) is 17.8. The Bertz CT molecular complexity index is 697. The van der Waals surface area contributed by atoms with Crippen molar-refractivity contribution in [2.75, 3.05) is 13.2 Å². The van der Waals surface area contributed by atoms with E-state index in [0.29, 0.717) is 16.7 Å². The molecule has 0 unspecified atom stereocenters. The number of nitrogens with zero attached hydrogens (tertiary/aromatic N) is 1. The topological polar surface area (TPSA) is 82.5 Å². The zero-order valence-electron chi connectivity index (χ0n) is 12.2. The first-order chi connectivity index (χ1) is 11.0. The summed E-state index contributed by atoms with van der Waals surface area (Å²) in [4.78, 5) is 16.2. The summed E-state index contributed by atoms with van der Waals surface area (Å²) in [6.45, 7) is -0.494. The van der Waals surface area contributed by atoms with Gasteiger partial charge in [0.15, 0.2) is 0 Å². The van der Waals surface area contributed by atoms with E-state index >= 15 is 0 Å². The minimum absolute atomic E-state index is 0.0605. The summed E-state index contributed by atoms with van der Waals surface area (Å²) in [5, 5.41) is 20.6. The highest BCUT2D eigenvalue weighted by Gasteiger charge is 2.14. The van der Waals surface area contributed by atoms with Gasteiger partial charge in [0, 0.05) is 34.5 Å². The number of nitrogens with one attached hydrogen (secondary N) is 1. The van der Waals surface area contributed by atoms with Crippen molar-refractivity contribution in [1.82, 2.24) is 10.3 Å². The molecule has 3 N–H and O–H groups in total. The smallest absolute Gasteiger partial charge is 0.251 e. The molecule has 23 heavy (non-hydrogen) atoms. The van der Waals surface area contributed by atoms with Crippen LogP contribution in [0.3, 0.4) is 0 Å². The van der Waals surface area contributed by atoms with Gasteiger partial charge in [-0.2, -0.15) is 0 Å². The first-order valence-electron chi connectivity index (χ1n) is 6.95. The third kappa shape index (κ3) is 4.95. The Morgan fingerprint density at radius 2 is 2.13 bits per heavy atom. The number of aliphatic hydroxyl groups is 2. The van der Waals surface area contributed by atoms with E-state index in [1.807, 2.05) is 22.6 Å². The molecule has 0 aliphatic carbocycles. The molecule has 0 spiro atoms. The Hall–Kier alpha value is -1.58. The Morgan fingerprint density at radius 1 is 1.35 bits per heavy atom. The van der Waals surface area contributed by atoms with Gasteiger partial charge in [-0.25, -0.2) is 4.39 Å². The summed E-state index contributed by atoms with van der Waals surface area (Å²) in [6.07, 6.45) is 2.22. The van der Waals surface area contributed by atoms with Gasteiger partial charge in [-0.3, -0.25) is 9.78 Å². The monoisotopic (exact) mass is 430 g/mol. The van der Waals surface area contributed by atoms with E-state index in [2.05, 4.69) is 10.3 Å². The number of benzene rings is 1. The van der Waals surface area contributed by atoms with Crippen molar-refractivity contribution < 1.29 is 19.4 Å². The number of carbonyl (C=O) groups excluding carboxylic acids is 1. The van der Waals surface area contributed by atoms with E-state index < -0.39 is 18.6 Å². The molecule has 0 bridgehead atoms. The van der Waals surface area contributed by atoms with Gasteiger partial charge < -0.3 is 15.5 Å². The Morgan fingerprint density at radius 3 is 2.83 bits per heavy atom. The zero-order chi connectivity index (χ0) is 16.8. The molecule has 2 rings (SSSR count). The van der Waals surface area contributed by atoms with E-state index in [-0.39, 0.29) is 18.8 Å². The zero-order valence-corrected chi connectivity index (χ0v) is 14.3. The SMILES string of the molecule is O=C(NC[C@@H](O)CO)c1ccncc1Cc1ccc(I)cc1F. The van der Waals surface area contributed by atoms with Gasteiger partial charge in [-0.15, -0.1) is 0 Å². The molecule has 122 valence electrons. The number of carbonyl (C=O) groups is 1. The molecule has 0 fully saturated rings. The van der Waals surface area contributed by atoms with Crippen LogP contribution in [0.5, 0.6) is 0 Å². The highest BCUT2D eigenvalue weighted by Crippen LogP contribution is 2.18. The van der Waals surface area contributed by atoms with Crippen molar-refractivity contribution in [1.29, 1.82) is 0 Å². The molecule has 0 radical (unpaired) electrons. The lowest BCUT2D eigenvalue weighted by molar-refractivity contribution is 0.0801. The third-order valence-corrected chi connectivity index (χ3v) is 3.92. The van der Waals surface area contributed by atoms with E-state index in [9.17, 15) is 14.3 Å². The van der Waals surface area contributed by atoms with Gasteiger partial charge in [0.2, 0.25) is 0 Å². The van der Waals surface area contributed by atoms with E-state index in [1.54, 1.807) is 18.2 Å². The van der Waals surface area contributed by atoms with Crippen molar-refractivity contribution in [3.63, 3.8) is 0 Å². The maximum atomic E-state index is 14.0. The fourth-order valence-corrected chi connectivity index (χ4v) is 2.48. The number of pyridine rings is 1. The van der Waals surface area contributed by atoms with Gasteiger partial charge >= 0.3 is 0 Å². The van der Waals surface area contributed by atoms with Gasteiger partial charge in [0.1, 0.15) is 5.82 Å². The van der Waals surface area contributed by atoms with Crippen molar-refractivity contribution >= 4 is 28.5 Å². The number of rotatable bonds is 6. The molecular weight excluding hydrogens is 414 g/mol. The van der Waals surface area contributed by atoms with Crippen molar-refractivity contribution in [3.8, 4) is 0 Å². The molecule has 7 heteroatoms. The molecule has 1 amide bonds. The second-order valence-corrected chi connectivity index (χ2v) is 6.24. The Kier molecular flexibility index (Phi) is 6.43. The number of halogens is 2. The standard InChI is InChI=1S/C16H16FIN2O3/c17-15-6-12(18)2-1-10(15)5-11-7-19-4-3-14(11)16(23)20-8-13(22)9-21/h1-4,6-7,13,21-22H,5,8-9H2,(H,20,23)/t13-/m1/s1. The van der Waals surface area contributed by atoms with Crippen LogP contribution in [0.15, 0.2) is 36.7 Å². The summed E-state index contributed by atoms with van der Waals surface area (Å²) in [5.41, 5.74) is 1.43. The van der Waals surface area contributed by atoms with Crippen LogP contribution in [0.1, 0.15) is 21.5 Å². The number of aliphatic hydroxyl groups excluding tert-OH is 2. The van der Waals surface area contributed by atoms with Crippen LogP contribution in [0.25, 0.3) is 0 Å². The fraction of sp³-hybridized carbons (Fsp3) is 0.250. The molecule has 0 saturated heterocycles. The highest BCUT2D eigenvalue weighted by atomic mass is 127. The molecule has 1 heterocycles. The van der Waals surface area contributed by atoms with E-state index in [1.165, 1.54) is 18.5 Å². The van der Waals surface area contributed by atoms with Gasteiger partial charge in [0.25, 0.3) is 5.91 Å². The second kappa shape index (κ2) is 8.32. The summed E-state index contributed by atoms with van der Waals surface area (Å²) < 4.78 is 14.8. The highest BCUT2D eigenvalue weighted by molar-refractivity contribution is 14.1. The van der Waals surface area contributed by atoms with Crippen molar-refractivity contribution in [2.45, 2.75) is 12.5 Å². The minimum atomic E-state index is -1.02. The largest absolute Gasteiger partial charge is 0.394 e. The van der Waals surface area contributed by atoms with Crippen molar-refractivity contribution in [3.05, 3.63) is 62.7 Å². The Balaban J connectivity index is 2.18. The lowest BCUT2D eigenvalue weighted by atomic mass is 10.0.